The van der Waals surface area contributed by atoms with Crippen LogP contribution in [0.4, 0.5) is 5.82 Å². The maximum atomic E-state index is 5.57. The van der Waals surface area contributed by atoms with Gasteiger partial charge >= 0.3 is 0 Å². The average Bonchev–Trinajstić information content (AvgIpc) is 2.71. The lowest BCUT2D eigenvalue weighted by atomic mass is 10.3. The molecule has 0 atom stereocenters. The quantitative estimate of drug-likeness (QED) is 0.697. The zero-order valence-electron chi connectivity index (χ0n) is 8.70. The lowest BCUT2D eigenvalue weighted by Crippen LogP contribution is -1.91. The van der Waals surface area contributed by atoms with E-state index in [1.807, 2.05) is 24.3 Å². The molecular formula is C11H8N4OS. The van der Waals surface area contributed by atoms with Gasteiger partial charge in [0.25, 0.3) is 5.22 Å². The number of benzene rings is 1. The van der Waals surface area contributed by atoms with Crippen LogP contribution in [0.5, 0.6) is 0 Å². The van der Waals surface area contributed by atoms with Gasteiger partial charge in [-0.25, -0.2) is 15.0 Å². The number of fused-ring (bicyclic) bond motifs is 1. The van der Waals surface area contributed by atoms with E-state index in [-0.39, 0.29) is 0 Å². The Labute approximate surface area is 101 Å². The van der Waals surface area contributed by atoms with Gasteiger partial charge in [0.2, 0.25) is 0 Å². The molecule has 0 aliphatic heterocycles. The molecule has 3 aromatic rings. The van der Waals surface area contributed by atoms with Crippen molar-refractivity contribution < 1.29 is 4.42 Å². The van der Waals surface area contributed by atoms with Crippen LogP contribution in [0.25, 0.3) is 11.1 Å². The van der Waals surface area contributed by atoms with E-state index in [0.29, 0.717) is 16.1 Å². The predicted molar refractivity (Wildman–Crippen MR) is 64.6 cm³/mol. The van der Waals surface area contributed by atoms with Crippen molar-refractivity contribution in [2.75, 3.05) is 5.73 Å². The highest BCUT2D eigenvalue weighted by atomic mass is 32.2. The fourth-order valence-corrected chi connectivity index (χ4v) is 2.13. The monoisotopic (exact) mass is 244 g/mol. The number of nitrogen functional groups attached to an aromatic ring is 1. The number of anilines is 1. The molecule has 0 bridgehead atoms. The van der Waals surface area contributed by atoms with Gasteiger partial charge in [-0.2, -0.15) is 0 Å². The van der Waals surface area contributed by atoms with Crippen molar-refractivity contribution in [2.45, 2.75) is 10.2 Å². The third-order valence-electron chi connectivity index (χ3n) is 2.13. The summed E-state index contributed by atoms with van der Waals surface area (Å²) in [6.07, 6.45) is 1.42. The van der Waals surface area contributed by atoms with Crippen molar-refractivity contribution in [3.8, 4) is 0 Å². The second kappa shape index (κ2) is 4.06. The molecule has 5 nitrogen and oxygen atoms in total. The molecule has 6 heteroatoms. The summed E-state index contributed by atoms with van der Waals surface area (Å²) in [4.78, 5) is 12.2. The maximum Gasteiger partial charge on any atom is 0.263 e. The number of oxazole rings is 1. The zero-order valence-corrected chi connectivity index (χ0v) is 9.52. The largest absolute Gasteiger partial charge is 0.431 e. The van der Waals surface area contributed by atoms with Crippen molar-refractivity contribution in [3.05, 3.63) is 36.7 Å². The van der Waals surface area contributed by atoms with Crippen LogP contribution >= 0.6 is 11.8 Å². The van der Waals surface area contributed by atoms with Crippen LogP contribution < -0.4 is 5.73 Å². The highest BCUT2D eigenvalue weighted by Gasteiger charge is 2.07. The molecule has 0 saturated heterocycles. The Hall–Kier alpha value is -2.08. The summed E-state index contributed by atoms with van der Waals surface area (Å²) in [6.45, 7) is 0. The SMILES string of the molecule is Nc1cc(Sc2nc3ccccc3o2)ncn1. The van der Waals surface area contributed by atoms with E-state index >= 15 is 0 Å². The molecule has 2 heterocycles. The minimum Gasteiger partial charge on any atom is -0.431 e. The van der Waals surface area contributed by atoms with Gasteiger partial charge in [0.05, 0.1) is 0 Å². The molecular weight excluding hydrogens is 236 g/mol. The summed E-state index contributed by atoms with van der Waals surface area (Å²) in [5, 5.41) is 1.26. The Morgan fingerprint density at radius 1 is 1.18 bits per heavy atom. The fraction of sp³-hybridized carbons (Fsp3) is 0. The Morgan fingerprint density at radius 2 is 2.06 bits per heavy atom. The second-order valence-corrected chi connectivity index (χ2v) is 4.30. The molecule has 0 radical (unpaired) electrons. The van der Waals surface area contributed by atoms with Gasteiger partial charge in [-0.05, 0) is 23.9 Å². The summed E-state index contributed by atoms with van der Waals surface area (Å²) in [5.41, 5.74) is 7.16. The van der Waals surface area contributed by atoms with Gasteiger partial charge < -0.3 is 10.2 Å². The molecule has 0 spiro atoms. The second-order valence-electron chi connectivity index (χ2n) is 3.33. The first-order valence-corrected chi connectivity index (χ1v) is 5.74. The lowest BCUT2D eigenvalue weighted by molar-refractivity contribution is 0.489. The fourth-order valence-electron chi connectivity index (χ4n) is 1.39. The number of rotatable bonds is 2. The first kappa shape index (κ1) is 10.1. The van der Waals surface area contributed by atoms with Gasteiger partial charge in [0.1, 0.15) is 22.7 Å². The van der Waals surface area contributed by atoms with Crippen molar-refractivity contribution in [3.63, 3.8) is 0 Å². The lowest BCUT2D eigenvalue weighted by Gasteiger charge is -1.95. The highest BCUT2D eigenvalue weighted by Crippen LogP contribution is 2.28. The van der Waals surface area contributed by atoms with E-state index in [9.17, 15) is 0 Å². The van der Waals surface area contributed by atoms with Gasteiger partial charge in [-0.3, -0.25) is 0 Å². The maximum absolute atomic E-state index is 5.57. The summed E-state index contributed by atoms with van der Waals surface area (Å²) in [5.74, 6) is 0.429. The van der Waals surface area contributed by atoms with Crippen molar-refractivity contribution in [2.24, 2.45) is 0 Å². The van der Waals surface area contributed by atoms with Crippen LogP contribution in [0.2, 0.25) is 0 Å². The van der Waals surface area contributed by atoms with E-state index in [0.717, 1.165) is 11.1 Å². The molecule has 0 aliphatic rings. The summed E-state index contributed by atoms with van der Waals surface area (Å²) in [7, 11) is 0. The van der Waals surface area contributed by atoms with Gasteiger partial charge in [-0.1, -0.05) is 12.1 Å². The van der Waals surface area contributed by atoms with E-state index in [1.165, 1.54) is 18.1 Å². The predicted octanol–water partition coefficient (Wildman–Crippen LogP) is 2.35. The standard InChI is InChI=1S/C11H8N4OS/c12-9-5-10(14-6-13-9)17-11-15-7-3-1-2-4-8(7)16-11/h1-6H,(H2,12,13,14). The molecule has 0 aliphatic carbocycles. The molecule has 84 valence electrons. The molecule has 0 saturated carbocycles. The molecule has 3 rings (SSSR count). The van der Waals surface area contributed by atoms with E-state index in [2.05, 4.69) is 15.0 Å². The van der Waals surface area contributed by atoms with Crippen molar-refractivity contribution in [1.29, 1.82) is 0 Å². The summed E-state index contributed by atoms with van der Waals surface area (Å²) < 4.78 is 5.56. The number of nitrogens with two attached hydrogens (primary N) is 1. The number of hydrogen-bond acceptors (Lipinski definition) is 6. The number of para-hydroxylation sites is 2. The van der Waals surface area contributed by atoms with E-state index in [1.54, 1.807) is 6.07 Å². The van der Waals surface area contributed by atoms with Crippen LogP contribution in [-0.2, 0) is 0 Å². The Morgan fingerprint density at radius 3 is 2.88 bits per heavy atom. The third kappa shape index (κ3) is 2.07. The third-order valence-corrected chi connectivity index (χ3v) is 2.91. The normalized spacial score (nSPS) is 10.8. The van der Waals surface area contributed by atoms with Crippen LogP contribution in [0.15, 0.2) is 51.3 Å². The topological polar surface area (TPSA) is 77.8 Å². The van der Waals surface area contributed by atoms with Crippen LogP contribution in [0.1, 0.15) is 0 Å². The summed E-state index contributed by atoms with van der Waals surface area (Å²) >= 11 is 1.32. The van der Waals surface area contributed by atoms with Gasteiger partial charge in [0.15, 0.2) is 5.58 Å². The van der Waals surface area contributed by atoms with Crippen molar-refractivity contribution >= 4 is 28.7 Å². The summed E-state index contributed by atoms with van der Waals surface area (Å²) in [6, 6.07) is 9.28. The van der Waals surface area contributed by atoms with E-state index < -0.39 is 0 Å². The molecule has 1 aromatic carbocycles. The first-order valence-electron chi connectivity index (χ1n) is 4.92. The minimum atomic E-state index is 0.429. The highest BCUT2D eigenvalue weighted by molar-refractivity contribution is 7.99. The number of hydrogen-bond donors (Lipinski definition) is 1. The van der Waals surface area contributed by atoms with Crippen LogP contribution in [0.3, 0.4) is 0 Å². The molecule has 2 N–H and O–H groups in total. The van der Waals surface area contributed by atoms with Gasteiger partial charge in [-0.15, -0.1) is 0 Å². The Balaban J connectivity index is 1.94. The molecule has 0 amide bonds. The molecule has 0 fully saturated rings. The first-order chi connectivity index (χ1) is 8.31. The zero-order chi connectivity index (χ0) is 11.7. The average molecular weight is 244 g/mol. The smallest absolute Gasteiger partial charge is 0.263 e. The molecule has 17 heavy (non-hydrogen) atoms. The molecule has 2 aromatic heterocycles. The Bertz CT molecular complexity index is 634. The van der Waals surface area contributed by atoms with Crippen molar-refractivity contribution in [1.82, 2.24) is 15.0 Å². The molecule has 0 unspecified atom stereocenters. The Kier molecular flexibility index (Phi) is 2.41. The van der Waals surface area contributed by atoms with E-state index in [4.69, 9.17) is 10.2 Å². The van der Waals surface area contributed by atoms with Crippen LogP contribution in [-0.4, -0.2) is 15.0 Å². The minimum absolute atomic E-state index is 0.429. The van der Waals surface area contributed by atoms with Gasteiger partial charge in [0, 0.05) is 6.07 Å². The van der Waals surface area contributed by atoms with Crippen LogP contribution in [0, 0.1) is 0 Å². The number of aromatic nitrogens is 3. The number of nitrogens with zero attached hydrogens (tertiary/aromatic N) is 3.